The summed E-state index contributed by atoms with van der Waals surface area (Å²) in [7, 11) is 0. The Morgan fingerprint density at radius 2 is 1.88 bits per heavy atom. The monoisotopic (exact) mass is 358 g/mol. The number of ether oxygens (including phenoxy) is 2. The fourth-order valence-electron chi connectivity index (χ4n) is 8.25. The molecule has 4 heteroatoms. The van der Waals surface area contributed by atoms with E-state index in [0.29, 0.717) is 30.3 Å². The fraction of sp³-hybridized carbons (Fsp3) is 0.864. The smallest absolute Gasteiger partial charge is 0.306 e. The summed E-state index contributed by atoms with van der Waals surface area (Å²) in [6.07, 6.45) is 10.5. The van der Waals surface area contributed by atoms with E-state index in [0.717, 1.165) is 32.1 Å². The van der Waals surface area contributed by atoms with Crippen molar-refractivity contribution >= 4 is 5.97 Å². The summed E-state index contributed by atoms with van der Waals surface area (Å²) >= 11 is 0. The van der Waals surface area contributed by atoms with Gasteiger partial charge in [-0.2, -0.15) is 0 Å². The lowest BCUT2D eigenvalue weighted by Gasteiger charge is -2.58. The molecule has 6 aliphatic rings. The molecule has 3 saturated carbocycles. The Morgan fingerprint density at radius 3 is 2.65 bits per heavy atom. The zero-order valence-corrected chi connectivity index (χ0v) is 15.9. The zero-order chi connectivity index (χ0) is 17.9. The molecule has 5 fully saturated rings. The van der Waals surface area contributed by atoms with Crippen molar-refractivity contribution in [1.82, 2.24) is 0 Å². The van der Waals surface area contributed by atoms with Gasteiger partial charge in [-0.25, -0.2) is 0 Å². The predicted molar refractivity (Wildman–Crippen MR) is 95.2 cm³/mol. The van der Waals surface area contributed by atoms with E-state index in [1.807, 2.05) is 0 Å². The molecule has 0 bridgehead atoms. The quantitative estimate of drug-likeness (QED) is 0.410. The third kappa shape index (κ3) is 1.72. The highest BCUT2D eigenvalue weighted by Gasteiger charge is 2.72. The lowest BCUT2D eigenvalue weighted by atomic mass is 9.46. The summed E-state index contributed by atoms with van der Waals surface area (Å²) in [5.74, 6) is 1.86. The molecule has 0 amide bonds. The summed E-state index contributed by atoms with van der Waals surface area (Å²) in [6, 6.07) is 0. The predicted octanol–water partition coefficient (Wildman–Crippen LogP) is 3.37. The molecule has 0 aromatic carbocycles. The second-order valence-corrected chi connectivity index (χ2v) is 10.4. The van der Waals surface area contributed by atoms with Crippen molar-refractivity contribution in [1.29, 1.82) is 0 Å². The van der Waals surface area contributed by atoms with Crippen LogP contribution in [0, 0.1) is 28.6 Å². The standard InChI is InChI=1S/C22H30O4/c1-20-7-3-12(23)11-15(20)18-19(25-18)17-13(20)4-8-21(2)14(17)5-9-22(21)10-6-16(24)26-22/h11-14,17-19,23H,3-10H2,1-2H3/t12-,13-,14-,17?,18-,19+,20+,21-,22+/m0/s1. The van der Waals surface area contributed by atoms with Crippen LogP contribution in [0.5, 0.6) is 0 Å². The van der Waals surface area contributed by atoms with E-state index in [-0.39, 0.29) is 34.6 Å². The molecule has 2 aliphatic heterocycles. The van der Waals surface area contributed by atoms with Crippen LogP contribution in [0.1, 0.15) is 65.2 Å². The van der Waals surface area contributed by atoms with Gasteiger partial charge in [-0.1, -0.05) is 19.9 Å². The van der Waals surface area contributed by atoms with Crippen molar-refractivity contribution in [3.05, 3.63) is 11.6 Å². The lowest BCUT2D eigenvalue weighted by molar-refractivity contribution is -0.167. The number of esters is 1. The van der Waals surface area contributed by atoms with Gasteiger partial charge in [-0.05, 0) is 73.7 Å². The number of aliphatic hydroxyl groups is 1. The van der Waals surface area contributed by atoms with Gasteiger partial charge in [0.2, 0.25) is 0 Å². The molecule has 1 unspecified atom stereocenters. The molecular formula is C22H30O4. The number of rotatable bonds is 0. The molecule has 26 heavy (non-hydrogen) atoms. The molecule has 4 nitrogen and oxygen atoms in total. The van der Waals surface area contributed by atoms with Crippen LogP contribution in [0.3, 0.4) is 0 Å². The van der Waals surface area contributed by atoms with Crippen molar-refractivity contribution in [2.75, 3.05) is 0 Å². The van der Waals surface area contributed by atoms with E-state index in [9.17, 15) is 9.90 Å². The maximum atomic E-state index is 12.0. The van der Waals surface area contributed by atoms with Crippen molar-refractivity contribution in [2.24, 2.45) is 28.6 Å². The van der Waals surface area contributed by atoms with Crippen LogP contribution < -0.4 is 0 Å². The van der Waals surface area contributed by atoms with Crippen LogP contribution in [0.2, 0.25) is 0 Å². The summed E-state index contributed by atoms with van der Waals surface area (Å²) in [6.45, 7) is 4.85. The van der Waals surface area contributed by atoms with Gasteiger partial charge >= 0.3 is 5.97 Å². The van der Waals surface area contributed by atoms with E-state index >= 15 is 0 Å². The van der Waals surface area contributed by atoms with Crippen molar-refractivity contribution in [3.8, 4) is 0 Å². The highest BCUT2D eigenvalue weighted by Crippen LogP contribution is 2.72. The number of aliphatic hydroxyl groups excluding tert-OH is 1. The molecule has 2 saturated heterocycles. The third-order valence-electron chi connectivity index (χ3n) is 9.69. The molecule has 6 rings (SSSR count). The highest BCUT2D eigenvalue weighted by atomic mass is 16.6. The Bertz CT molecular complexity index is 715. The molecular weight excluding hydrogens is 328 g/mol. The number of epoxide rings is 1. The summed E-state index contributed by atoms with van der Waals surface area (Å²) in [5, 5.41) is 10.2. The topological polar surface area (TPSA) is 59.1 Å². The SMILES string of the molecule is C[C@]12CC[C@H](O)C=C1[C@@H]1O[C@@H]1C1[C@@H]2CC[C@@]2(C)[C@H]1CC[C@@]21CCC(=O)O1. The number of fused-ring (bicyclic) bond motifs is 9. The molecule has 142 valence electrons. The minimum atomic E-state index is -0.291. The molecule has 1 N–H and O–H groups in total. The van der Waals surface area contributed by atoms with Crippen LogP contribution in [0.4, 0.5) is 0 Å². The maximum absolute atomic E-state index is 12.0. The molecule has 0 aromatic rings. The lowest BCUT2D eigenvalue weighted by Crippen LogP contribution is -2.56. The first-order valence-corrected chi connectivity index (χ1v) is 10.7. The van der Waals surface area contributed by atoms with Gasteiger partial charge in [0, 0.05) is 11.8 Å². The summed E-state index contributed by atoms with van der Waals surface area (Å²) < 4.78 is 12.3. The van der Waals surface area contributed by atoms with E-state index < -0.39 is 0 Å². The average molecular weight is 358 g/mol. The second kappa shape index (κ2) is 4.75. The Morgan fingerprint density at radius 1 is 1.08 bits per heavy atom. The van der Waals surface area contributed by atoms with E-state index in [4.69, 9.17) is 9.47 Å². The number of hydrogen-bond acceptors (Lipinski definition) is 4. The van der Waals surface area contributed by atoms with E-state index in [1.54, 1.807) is 0 Å². The fourth-order valence-corrected chi connectivity index (χ4v) is 8.25. The Labute approximate surface area is 155 Å². The molecule has 0 radical (unpaired) electrons. The van der Waals surface area contributed by atoms with Gasteiger partial charge in [0.05, 0.1) is 12.2 Å². The number of carbonyl (C=O) groups is 1. The van der Waals surface area contributed by atoms with Gasteiger partial charge in [0.1, 0.15) is 11.7 Å². The second-order valence-electron chi connectivity index (χ2n) is 10.4. The van der Waals surface area contributed by atoms with Crippen molar-refractivity contribution in [2.45, 2.75) is 89.1 Å². The Kier molecular flexibility index (Phi) is 2.94. The first kappa shape index (κ1) is 16.1. The van der Waals surface area contributed by atoms with E-state index in [1.165, 1.54) is 18.4 Å². The average Bonchev–Trinajstić information content (AvgIpc) is 3.23. The summed E-state index contributed by atoms with van der Waals surface area (Å²) in [4.78, 5) is 12.0. The highest BCUT2D eigenvalue weighted by molar-refractivity contribution is 5.72. The van der Waals surface area contributed by atoms with Gasteiger partial charge < -0.3 is 14.6 Å². The maximum Gasteiger partial charge on any atom is 0.306 e. The van der Waals surface area contributed by atoms with Crippen LogP contribution in [-0.4, -0.2) is 35.0 Å². The normalized spacial score (nSPS) is 59.8. The molecule has 1 spiro atoms. The van der Waals surface area contributed by atoms with Gasteiger partial charge in [-0.3, -0.25) is 4.79 Å². The third-order valence-corrected chi connectivity index (χ3v) is 9.69. The molecule has 0 aromatic heterocycles. The Hall–Kier alpha value is -0.870. The Balaban J connectivity index is 1.40. The van der Waals surface area contributed by atoms with Gasteiger partial charge in [0.15, 0.2) is 0 Å². The number of hydrogen-bond donors (Lipinski definition) is 1. The van der Waals surface area contributed by atoms with Crippen LogP contribution >= 0.6 is 0 Å². The first-order chi connectivity index (χ1) is 12.4. The van der Waals surface area contributed by atoms with Crippen molar-refractivity contribution < 1.29 is 19.4 Å². The van der Waals surface area contributed by atoms with Crippen LogP contribution in [0.25, 0.3) is 0 Å². The number of carbonyl (C=O) groups excluding carboxylic acids is 1. The largest absolute Gasteiger partial charge is 0.458 e. The van der Waals surface area contributed by atoms with Gasteiger partial charge in [-0.15, -0.1) is 0 Å². The zero-order valence-electron chi connectivity index (χ0n) is 15.9. The minimum absolute atomic E-state index is 0.0108. The minimum Gasteiger partial charge on any atom is -0.458 e. The molecule has 2 heterocycles. The van der Waals surface area contributed by atoms with Gasteiger partial charge in [0.25, 0.3) is 0 Å². The first-order valence-electron chi connectivity index (χ1n) is 10.7. The molecule has 9 atom stereocenters. The van der Waals surface area contributed by atoms with Crippen LogP contribution in [0.15, 0.2) is 11.6 Å². The molecule has 4 aliphatic carbocycles. The van der Waals surface area contributed by atoms with Crippen molar-refractivity contribution in [3.63, 3.8) is 0 Å². The van der Waals surface area contributed by atoms with E-state index in [2.05, 4.69) is 19.9 Å². The van der Waals surface area contributed by atoms with Crippen LogP contribution in [-0.2, 0) is 14.3 Å². The summed E-state index contributed by atoms with van der Waals surface area (Å²) in [5.41, 5.74) is 1.49.